The minimum Gasteiger partial charge on any atom is -0.381 e. The number of hydrogen-bond acceptors (Lipinski definition) is 3. The highest BCUT2D eigenvalue weighted by molar-refractivity contribution is 8.00. The summed E-state index contributed by atoms with van der Waals surface area (Å²) in [6.07, 6.45) is 2.30. The van der Waals surface area contributed by atoms with Gasteiger partial charge in [-0.25, -0.2) is 0 Å². The molecule has 0 spiro atoms. The van der Waals surface area contributed by atoms with Gasteiger partial charge in [0.25, 0.3) is 0 Å². The van der Waals surface area contributed by atoms with E-state index in [1.807, 2.05) is 18.7 Å². The molecule has 3 heteroatoms. The molecule has 88 valence electrons. The molecule has 1 aromatic rings. The SMILES string of the molecule is CC(N)c1ccccc1SC1CCOCC1. The summed E-state index contributed by atoms with van der Waals surface area (Å²) in [5, 5.41) is 0.689. The summed E-state index contributed by atoms with van der Waals surface area (Å²) in [5.74, 6) is 0. The van der Waals surface area contributed by atoms with Crippen molar-refractivity contribution in [1.29, 1.82) is 0 Å². The van der Waals surface area contributed by atoms with Crippen molar-refractivity contribution in [2.45, 2.75) is 36.0 Å². The monoisotopic (exact) mass is 237 g/mol. The fourth-order valence-electron chi connectivity index (χ4n) is 1.94. The molecule has 1 fully saturated rings. The summed E-state index contributed by atoms with van der Waals surface area (Å²) in [5.41, 5.74) is 7.24. The highest BCUT2D eigenvalue weighted by Crippen LogP contribution is 2.33. The lowest BCUT2D eigenvalue weighted by Gasteiger charge is -2.23. The minimum absolute atomic E-state index is 0.114. The van der Waals surface area contributed by atoms with Crippen LogP contribution in [0.4, 0.5) is 0 Å². The molecule has 2 rings (SSSR count). The Kier molecular flexibility index (Phi) is 4.27. The molecule has 1 heterocycles. The lowest BCUT2D eigenvalue weighted by atomic mass is 10.1. The van der Waals surface area contributed by atoms with E-state index in [2.05, 4.69) is 24.3 Å². The first kappa shape index (κ1) is 12.0. The molecule has 1 aliphatic heterocycles. The van der Waals surface area contributed by atoms with Crippen LogP contribution in [0.1, 0.15) is 31.4 Å². The Morgan fingerprint density at radius 1 is 1.31 bits per heavy atom. The molecule has 0 bridgehead atoms. The normalized spacial score (nSPS) is 19.6. The highest BCUT2D eigenvalue weighted by Gasteiger charge is 2.17. The number of ether oxygens (including phenoxy) is 1. The van der Waals surface area contributed by atoms with Gasteiger partial charge in [0.05, 0.1) is 0 Å². The molecular weight excluding hydrogens is 218 g/mol. The lowest BCUT2D eigenvalue weighted by molar-refractivity contribution is 0.1000. The first-order valence-electron chi connectivity index (χ1n) is 5.86. The Bertz CT molecular complexity index is 334. The van der Waals surface area contributed by atoms with Gasteiger partial charge in [0.15, 0.2) is 0 Å². The predicted molar refractivity (Wildman–Crippen MR) is 68.7 cm³/mol. The van der Waals surface area contributed by atoms with Crippen LogP contribution in [-0.2, 0) is 4.74 Å². The van der Waals surface area contributed by atoms with Crippen LogP contribution in [0.2, 0.25) is 0 Å². The number of rotatable bonds is 3. The third-order valence-electron chi connectivity index (χ3n) is 2.87. The fraction of sp³-hybridized carbons (Fsp3) is 0.538. The topological polar surface area (TPSA) is 35.2 Å². The van der Waals surface area contributed by atoms with Crippen LogP contribution in [0.3, 0.4) is 0 Å². The molecule has 16 heavy (non-hydrogen) atoms. The lowest BCUT2D eigenvalue weighted by Crippen LogP contribution is -2.18. The van der Waals surface area contributed by atoms with Gasteiger partial charge in [-0.3, -0.25) is 0 Å². The van der Waals surface area contributed by atoms with Gasteiger partial charge in [0, 0.05) is 29.4 Å². The first-order valence-corrected chi connectivity index (χ1v) is 6.74. The second kappa shape index (κ2) is 5.71. The van der Waals surface area contributed by atoms with Crippen molar-refractivity contribution < 1.29 is 4.74 Å². The zero-order valence-corrected chi connectivity index (χ0v) is 10.5. The van der Waals surface area contributed by atoms with Gasteiger partial charge in [-0.15, -0.1) is 11.8 Å². The van der Waals surface area contributed by atoms with Crippen molar-refractivity contribution in [1.82, 2.24) is 0 Å². The van der Waals surface area contributed by atoms with E-state index in [0.29, 0.717) is 5.25 Å². The van der Waals surface area contributed by atoms with Crippen LogP contribution >= 0.6 is 11.8 Å². The largest absolute Gasteiger partial charge is 0.381 e. The Hall–Kier alpha value is -0.510. The zero-order chi connectivity index (χ0) is 11.4. The predicted octanol–water partition coefficient (Wildman–Crippen LogP) is 2.98. The van der Waals surface area contributed by atoms with Crippen molar-refractivity contribution in [3.8, 4) is 0 Å². The summed E-state index contributed by atoms with van der Waals surface area (Å²) >= 11 is 1.96. The Morgan fingerprint density at radius 2 is 2.00 bits per heavy atom. The number of benzene rings is 1. The van der Waals surface area contributed by atoms with Crippen LogP contribution in [0.5, 0.6) is 0 Å². The standard InChI is InChI=1S/C13H19NOS/c1-10(14)12-4-2-3-5-13(12)16-11-6-8-15-9-7-11/h2-5,10-11H,6-9,14H2,1H3. The van der Waals surface area contributed by atoms with E-state index in [1.165, 1.54) is 10.5 Å². The van der Waals surface area contributed by atoms with Gasteiger partial charge in [-0.1, -0.05) is 18.2 Å². The first-order chi connectivity index (χ1) is 7.77. The van der Waals surface area contributed by atoms with E-state index in [4.69, 9.17) is 10.5 Å². The van der Waals surface area contributed by atoms with E-state index in [9.17, 15) is 0 Å². The van der Waals surface area contributed by atoms with Crippen LogP contribution in [-0.4, -0.2) is 18.5 Å². The van der Waals surface area contributed by atoms with Crippen molar-refractivity contribution >= 4 is 11.8 Å². The Morgan fingerprint density at radius 3 is 2.69 bits per heavy atom. The van der Waals surface area contributed by atoms with Gasteiger partial charge < -0.3 is 10.5 Å². The van der Waals surface area contributed by atoms with Crippen molar-refractivity contribution in [2.75, 3.05) is 13.2 Å². The minimum atomic E-state index is 0.114. The summed E-state index contributed by atoms with van der Waals surface area (Å²) in [6, 6.07) is 8.58. The zero-order valence-electron chi connectivity index (χ0n) is 9.69. The van der Waals surface area contributed by atoms with Crippen molar-refractivity contribution in [2.24, 2.45) is 5.73 Å². The average molecular weight is 237 g/mol. The molecule has 0 radical (unpaired) electrons. The van der Waals surface area contributed by atoms with Gasteiger partial charge >= 0.3 is 0 Å². The van der Waals surface area contributed by atoms with Crippen LogP contribution in [0.15, 0.2) is 29.2 Å². The molecule has 1 atom stereocenters. The quantitative estimate of drug-likeness (QED) is 0.877. The third-order valence-corrected chi connectivity index (χ3v) is 4.30. The molecule has 1 unspecified atom stereocenters. The van der Waals surface area contributed by atoms with Crippen LogP contribution in [0, 0.1) is 0 Å². The molecule has 0 amide bonds. The molecule has 0 aliphatic carbocycles. The summed E-state index contributed by atoms with van der Waals surface area (Å²) < 4.78 is 5.38. The van der Waals surface area contributed by atoms with E-state index in [-0.39, 0.29) is 6.04 Å². The fourth-order valence-corrected chi connectivity index (χ4v) is 3.27. The summed E-state index contributed by atoms with van der Waals surface area (Å²) in [4.78, 5) is 1.34. The number of nitrogens with two attached hydrogens (primary N) is 1. The van der Waals surface area contributed by atoms with E-state index in [1.54, 1.807) is 0 Å². The van der Waals surface area contributed by atoms with E-state index < -0.39 is 0 Å². The third kappa shape index (κ3) is 3.00. The smallest absolute Gasteiger partial charge is 0.0476 e. The summed E-state index contributed by atoms with van der Waals surface area (Å²) in [7, 11) is 0. The van der Waals surface area contributed by atoms with Crippen LogP contribution < -0.4 is 5.73 Å². The number of thioether (sulfide) groups is 1. The maximum atomic E-state index is 5.98. The van der Waals surface area contributed by atoms with Gasteiger partial charge in [-0.05, 0) is 31.4 Å². The van der Waals surface area contributed by atoms with E-state index >= 15 is 0 Å². The molecule has 2 N–H and O–H groups in total. The molecule has 0 saturated carbocycles. The van der Waals surface area contributed by atoms with Crippen LogP contribution in [0.25, 0.3) is 0 Å². The molecule has 2 nitrogen and oxygen atoms in total. The molecule has 0 aromatic heterocycles. The molecule has 1 saturated heterocycles. The maximum absolute atomic E-state index is 5.98. The summed E-state index contributed by atoms with van der Waals surface area (Å²) in [6.45, 7) is 3.85. The Balaban J connectivity index is 2.07. The number of hydrogen-bond donors (Lipinski definition) is 1. The second-order valence-corrected chi connectivity index (χ2v) is 5.60. The average Bonchev–Trinajstić information content (AvgIpc) is 2.31. The van der Waals surface area contributed by atoms with Crippen molar-refractivity contribution in [3.63, 3.8) is 0 Å². The molecular formula is C13H19NOS. The van der Waals surface area contributed by atoms with Gasteiger partial charge in [0.2, 0.25) is 0 Å². The Labute approximate surface area is 102 Å². The second-order valence-electron chi connectivity index (χ2n) is 4.26. The van der Waals surface area contributed by atoms with Crippen molar-refractivity contribution in [3.05, 3.63) is 29.8 Å². The highest BCUT2D eigenvalue weighted by atomic mass is 32.2. The van der Waals surface area contributed by atoms with E-state index in [0.717, 1.165) is 26.1 Å². The molecule has 1 aromatic carbocycles. The molecule has 1 aliphatic rings. The maximum Gasteiger partial charge on any atom is 0.0476 e. The van der Waals surface area contributed by atoms with Gasteiger partial charge in [-0.2, -0.15) is 0 Å². The van der Waals surface area contributed by atoms with Gasteiger partial charge in [0.1, 0.15) is 0 Å².